The summed E-state index contributed by atoms with van der Waals surface area (Å²) in [6.07, 6.45) is 0.747. The number of carbonyl (C=O) groups is 2. The second kappa shape index (κ2) is 10.2. The summed E-state index contributed by atoms with van der Waals surface area (Å²) in [5.41, 5.74) is 1.87. The molecule has 138 valence electrons. The van der Waals surface area contributed by atoms with Crippen molar-refractivity contribution in [1.29, 1.82) is 0 Å². The third kappa shape index (κ3) is 5.60. The fourth-order valence-corrected chi connectivity index (χ4v) is 2.51. The van der Waals surface area contributed by atoms with Gasteiger partial charge in [-0.15, -0.1) is 0 Å². The predicted molar refractivity (Wildman–Crippen MR) is 101 cm³/mol. The lowest BCUT2D eigenvalue weighted by Gasteiger charge is -2.11. The first-order valence-corrected chi connectivity index (χ1v) is 8.54. The molecule has 2 aromatic carbocycles. The molecular formula is C20H24N2O4. The van der Waals surface area contributed by atoms with Gasteiger partial charge in [0.15, 0.2) is 0 Å². The van der Waals surface area contributed by atoms with Crippen LogP contribution in [0.15, 0.2) is 48.5 Å². The van der Waals surface area contributed by atoms with E-state index in [-0.39, 0.29) is 19.1 Å². The van der Waals surface area contributed by atoms with Crippen molar-refractivity contribution in [1.82, 2.24) is 5.32 Å². The van der Waals surface area contributed by atoms with Crippen molar-refractivity contribution in [3.05, 3.63) is 59.7 Å². The molecular weight excluding hydrogens is 332 g/mol. The number of para-hydroxylation sites is 2. The van der Waals surface area contributed by atoms with Crippen molar-refractivity contribution in [2.24, 2.45) is 0 Å². The quantitative estimate of drug-likeness (QED) is 0.534. The standard InChI is InChI=1S/C20H24N2O4/c1-3-26-20(24)16-9-5-6-10-17(16)22-19(23)14-21-13-12-15-8-4-7-11-18(15)25-2/h4-11,21H,3,12-14H2,1-2H3,(H,22,23). The molecule has 1 amide bonds. The van der Waals surface area contributed by atoms with E-state index in [1.165, 1.54) is 0 Å². The van der Waals surface area contributed by atoms with E-state index >= 15 is 0 Å². The summed E-state index contributed by atoms with van der Waals surface area (Å²) in [4.78, 5) is 24.1. The fourth-order valence-electron chi connectivity index (χ4n) is 2.51. The number of hydrogen-bond donors (Lipinski definition) is 2. The summed E-state index contributed by atoms with van der Waals surface area (Å²) in [5, 5.41) is 5.84. The molecule has 0 aliphatic heterocycles. The number of carbonyl (C=O) groups excluding carboxylic acids is 2. The molecule has 0 heterocycles. The van der Waals surface area contributed by atoms with Crippen LogP contribution in [0, 0.1) is 0 Å². The Hall–Kier alpha value is -2.86. The molecule has 2 rings (SSSR count). The highest BCUT2D eigenvalue weighted by atomic mass is 16.5. The number of methoxy groups -OCH3 is 1. The number of rotatable bonds is 9. The minimum absolute atomic E-state index is 0.145. The van der Waals surface area contributed by atoms with Crippen molar-refractivity contribution < 1.29 is 19.1 Å². The molecule has 0 aliphatic rings. The zero-order chi connectivity index (χ0) is 18.8. The molecule has 6 heteroatoms. The van der Waals surface area contributed by atoms with Crippen molar-refractivity contribution in [3.8, 4) is 5.75 Å². The van der Waals surface area contributed by atoms with Gasteiger partial charge in [-0.05, 0) is 43.7 Å². The van der Waals surface area contributed by atoms with Crippen LogP contribution in [-0.4, -0.2) is 38.7 Å². The summed E-state index contributed by atoms with van der Waals surface area (Å²) < 4.78 is 10.3. The first-order chi connectivity index (χ1) is 12.7. The highest BCUT2D eigenvalue weighted by Crippen LogP contribution is 2.17. The largest absolute Gasteiger partial charge is 0.496 e. The number of hydrogen-bond acceptors (Lipinski definition) is 5. The molecule has 2 N–H and O–H groups in total. The number of nitrogens with one attached hydrogen (secondary N) is 2. The van der Waals surface area contributed by atoms with Crippen LogP contribution in [0.3, 0.4) is 0 Å². The molecule has 0 aliphatic carbocycles. The maximum Gasteiger partial charge on any atom is 0.340 e. The average molecular weight is 356 g/mol. The molecule has 0 aromatic heterocycles. The van der Waals surface area contributed by atoms with Gasteiger partial charge in [0.25, 0.3) is 0 Å². The Kier molecular flexibility index (Phi) is 7.64. The van der Waals surface area contributed by atoms with E-state index in [9.17, 15) is 9.59 Å². The van der Waals surface area contributed by atoms with Crippen LogP contribution in [0.5, 0.6) is 5.75 Å². The topological polar surface area (TPSA) is 76.7 Å². The van der Waals surface area contributed by atoms with Gasteiger partial charge in [-0.25, -0.2) is 4.79 Å². The minimum atomic E-state index is -0.451. The summed E-state index contributed by atoms with van der Waals surface area (Å²) >= 11 is 0. The van der Waals surface area contributed by atoms with Crippen molar-refractivity contribution in [2.75, 3.05) is 32.1 Å². The SMILES string of the molecule is CCOC(=O)c1ccccc1NC(=O)CNCCc1ccccc1OC. The maximum absolute atomic E-state index is 12.1. The Morgan fingerprint density at radius 3 is 2.54 bits per heavy atom. The van der Waals surface area contributed by atoms with Crippen molar-refractivity contribution >= 4 is 17.6 Å². The third-order valence-electron chi connectivity index (χ3n) is 3.75. The maximum atomic E-state index is 12.1. The number of benzene rings is 2. The first-order valence-electron chi connectivity index (χ1n) is 8.54. The summed E-state index contributed by atoms with van der Waals surface area (Å²) in [7, 11) is 1.64. The van der Waals surface area contributed by atoms with Gasteiger partial charge < -0.3 is 20.1 Å². The van der Waals surface area contributed by atoms with Crippen LogP contribution in [0.1, 0.15) is 22.8 Å². The molecule has 0 spiro atoms. The van der Waals surface area contributed by atoms with Crippen molar-refractivity contribution in [3.63, 3.8) is 0 Å². The Labute approximate surface area is 153 Å². The summed E-state index contributed by atoms with van der Waals surface area (Å²) in [5.74, 6) is 0.163. The molecule has 26 heavy (non-hydrogen) atoms. The first kappa shape index (κ1) is 19.5. The zero-order valence-electron chi connectivity index (χ0n) is 15.1. The molecule has 2 aromatic rings. The molecule has 0 radical (unpaired) electrons. The van der Waals surface area contributed by atoms with Crippen LogP contribution >= 0.6 is 0 Å². The van der Waals surface area contributed by atoms with Crippen LogP contribution in [0.4, 0.5) is 5.69 Å². The van der Waals surface area contributed by atoms with E-state index in [0.717, 1.165) is 17.7 Å². The number of ether oxygens (including phenoxy) is 2. The Balaban J connectivity index is 1.83. The van der Waals surface area contributed by atoms with E-state index in [1.807, 2.05) is 24.3 Å². The van der Waals surface area contributed by atoms with E-state index < -0.39 is 5.97 Å². The normalized spacial score (nSPS) is 10.2. The van der Waals surface area contributed by atoms with Crippen LogP contribution < -0.4 is 15.4 Å². The molecule has 6 nitrogen and oxygen atoms in total. The van der Waals surface area contributed by atoms with Gasteiger partial charge in [-0.2, -0.15) is 0 Å². The van der Waals surface area contributed by atoms with E-state index in [4.69, 9.17) is 9.47 Å². The van der Waals surface area contributed by atoms with Crippen LogP contribution in [0.25, 0.3) is 0 Å². The second-order valence-electron chi connectivity index (χ2n) is 5.55. The average Bonchev–Trinajstić information content (AvgIpc) is 2.66. The third-order valence-corrected chi connectivity index (χ3v) is 3.75. The van der Waals surface area contributed by atoms with E-state index in [1.54, 1.807) is 38.3 Å². The number of esters is 1. The lowest BCUT2D eigenvalue weighted by Crippen LogP contribution is -2.30. The van der Waals surface area contributed by atoms with Gasteiger partial charge in [-0.1, -0.05) is 30.3 Å². The molecule has 0 saturated carbocycles. The lowest BCUT2D eigenvalue weighted by molar-refractivity contribution is -0.115. The van der Waals surface area contributed by atoms with Gasteiger partial charge in [-0.3, -0.25) is 4.79 Å². The molecule has 0 bridgehead atoms. The van der Waals surface area contributed by atoms with Gasteiger partial charge in [0, 0.05) is 0 Å². The molecule has 0 unspecified atom stereocenters. The fraction of sp³-hybridized carbons (Fsp3) is 0.300. The summed E-state index contributed by atoms with van der Waals surface area (Å²) in [6, 6.07) is 14.6. The van der Waals surface area contributed by atoms with Crippen molar-refractivity contribution in [2.45, 2.75) is 13.3 Å². The van der Waals surface area contributed by atoms with Gasteiger partial charge >= 0.3 is 5.97 Å². The molecule has 0 fully saturated rings. The monoisotopic (exact) mass is 356 g/mol. The van der Waals surface area contributed by atoms with E-state index in [2.05, 4.69) is 10.6 Å². The Morgan fingerprint density at radius 1 is 1.04 bits per heavy atom. The highest BCUT2D eigenvalue weighted by Gasteiger charge is 2.13. The van der Waals surface area contributed by atoms with Gasteiger partial charge in [0.2, 0.25) is 5.91 Å². The number of amides is 1. The number of anilines is 1. The van der Waals surface area contributed by atoms with Gasteiger partial charge in [0.05, 0.1) is 31.5 Å². The van der Waals surface area contributed by atoms with Crippen LogP contribution in [0.2, 0.25) is 0 Å². The zero-order valence-corrected chi connectivity index (χ0v) is 15.1. The Morgan fingerprint density at radius 2 is 1.77 bits per heavy atom. The summed E-state index contributed by atoms with van der Waals surface area (Å²) in [6.45, 7) is 2.80. The smallest absolute Gasteiger partial charge is 0.340 e. The molecule has 0 saturated heterocycles. The Bertz CT molecular complexity index is 746. The second-order valence-corrected chi connectivity index (χ2v) is 5.55. The predicted octanol–water partition coefficient (Wildman–Crippen LogP) is 2.64. The lowest BCUT2D eigenvalue weighted by atomic mass is 10.1. The van der Waals surface area contributed by atoms with Crippen LogP contribution in [-0.2, 0) is 16.0 Å². The minimum Gasteiger partial charge on any atom is -0.496 e. The van der Waals surface area contributed by atoms with E-state index in [0.29, 0.717) is 17.8 Å². The highest BCUT2D eigenvalue weighted by molar-refractivity contribution is 6.01. The molecule has 0 atom stereocenters. The van der Waals surface area contributed by atoms with Gasteiger partial charge in [0.1, 0.15) is 5.75 Å².